The summed E-state index contributed by atoms with van der Waals surface area (Å²) in [5.74, 6) is 0. The zero-order valence-electron chi connectivity index (χ0n) is 12.9. The number of anilines is 1. The average Bonchev–Trinajstić information content (AvgIpc) is 2.48. The second-order valence-electron chi connectivity index (χ2n) is 5.85. The summed E-state index contributed by atoms with van der Waals surface area (Å²) in [5.41, 5.74) is 5.57. The molecule has 0 atom stereocenters. The molecule has 0 aliphatic carbocycles. The molecule has 1 aliphatic heterocycles. The van der Waals surface area contributed by atoms with Gasteiger partial charge in [-0.3, -0.25) is 0 Å². The first kappa shape index (κ1) is 14.5. The van der Waals surface area contributed by atoms with Crippen LogP contribution in [0.5, 0.6) is 0 Å². The minimum Gasteiger partial charge on any atom is -0.383 e. The Morgan fingerprint density at radius 1 is 1.14 bits per heavy atom. The first-order valence-electron chi connectivity index (χ1n) is 7.42. The molecule has 0 saturated carbocycles. The van der Waals surface area contributed by atoms with Gasteiger partial charge in [0.05, 0.1) is 0 Å². The van der Waals surface area contributed by atoms with Crippen molar-refractivity contribution in [3.63, 3.8) is 0 Å². The number of nitrogens with zero attached hydrogens (tertiary/aromatic N) is 1. The summed E-state index contributed by atoms with van der Waals surface area (Å²) in [5, 5.41) is 3.61. The molecule has 3 heteroatoms. The summed E-state index contributed by atoms with van der Waals surface area (Å²) in [6, 6.07) is 13.2. The van der Waals surface area contributed by atoms with E-state index >= 15 is 0 Å². The van der Waals surface area contributed by atoms with E-state index in [2.05, 4.69) is 67.6 Å². The minimum atomic E-state index is 0.981. The van der Waals surface area contributed by atoms with Gasteiger partial charge in [-0.1, -0.05) is 36.0 Å². The lowest BCUT2D eigenvalue weighted by Crippen LogP contribution is -2.21. The predicted octanol–water partition coefficient (Wildman–Crippen LogP) is 4.02. The molecule has 2 aromatic carbocycles. The van der Waals surface area contributed by atoms with Crippen LogP contribution in [0.25, 0.3) is 0 Å². The number of nitrogens with one attached hydrogen (secondary N) is 1. The van der Waals surface area contributed by atoms with Gasteiger partial charge in [0, 0.05) is 35.0 Å². The molecule has 21 heavy (non-hydrogen) atoms. The Balaban J connectivity index is 1.89. The molecule has 1 N–H and O–H groups in total. The maximum atomic E-state index is 3.61. The summed E-state index contributed by atoms with van der Waals surface area (Å²) in [7, 11) is 4.22. The summed E-state index contributed by atoms with van der Waals surface area (Å²) in [6.45, 7) is 4.24. The van der Waals surface area contributed by atoms with Crippen LogP contribution in [0.4, 0.5) is 5.69 Å². The van der Waals surface area contributed by atoms with Crippen molar-refractivity contribution in [2.45, 2.75) is 23.1 Å². The number of rotatable bonds is 4. The summed E-state index contributed by atoms with van der Waals surface area (Å²) >= 11 is 1.91. The summed E-state index contributed by atoms with van der Waals surface area (Å²) < 4.78 is 0. The van der Waals surface area contributed by atoms with Crippen LogP contribution >= 0.6 is 11.8 Å². The van der Waals surface area contributed by atoms with E-state index in [4.69, 9.17) is 0 Å². The van der Waals surface area contributed by atoms with E-state index in [0.29, 0.717) is 0 Å². The first-order valence-corrected chi connectivity index (χ1v) is 8.23. The zero-order chi connectivity index (χ0) is 14.8. The lowest BCUT2D eigenvalue weighted by molar-refractivity contribution is 0.425. The van der Waals surface area contributed by atoms with Gasteiger partial charge in [-0.2, -0.15) is 0 Å². The molecular formula is C18H22N2S. The number of fused-ring (bicyclic) bond motifs is 2. The summed E-state index contributed by atoms with van der Waals surface area (Å²) in [6.07, 6.45) is 1.03. The van der Waals surface area contributed by atoms with E-state index in [1.54, 1.807) is 0 Å². The molecule has 0 saturated heterocycles. The molecule has 1 heterocycles. The van der Waals surface area contributed by atoms with E-state index in [9.17, 15) is 0 Å². The fraction of sp³-hybridized carbons (Fsp3) is 0.333. The molecule has 1 aliphatic rings. The quantitative estimate of drug-likeness (QED) is 0.783. The SMILES string of the molecule is Cc1ccc(NCCN(C)C)c2c1Sc1ccccc1C2. The van der Waals surface area contributed by atoms with Crippen molar-refractivity contribution < 1.29 is 0 Å². The maximum absolute atomic E-state index is 3.61. The smallest absolute Gasteiger partial charge is 0.0388 e. The molecule has 3 rings (SSSR count). The van der Waals surface area contributed by atoms with Crippen LogP contribution in [0.3, 0.4) is 0 Å². The molecule has 0 fully saturated rings. The molecule has 0 radical (unpaired) electrons. The second kappa shape index (κ2) is 6.12. The number of benzene rings is 2. The largest absolute Gasteiger partial charge is 0.383 e. The van der Waals surface area contributed by atoms with Crippen LogP contribution in [0, 0.1) is 6.92 Å². The van der Waals surface area contributed by atoms with Crippen LogP contribution in [0.2, 0.25) is 0 Å². The lowest BCUT2D eigenvalue weighted by Gasteiger charge is -2.24. The van der Waals surface area contributed by atoms with Crippen LogP contribution in [-0.2, 0) is 6.42 Å². The topological polar surface area (TPSA) is 15.3 Å². The van der Waals surface area contributed by atoms with Gasteiger partial charge in [0.25, 0.3) is 0 Å². The van der Waals surface area contributed by atoms with Crippen molar-refractivity contribution in [3.05, 3.63) is 53.1 Å². The Labute approximate surface area is 131 Å². The third kappa shape index (κ3) is 3.09. The van der Waals surface area contributed by atoms with Gasteiger partial charge in [0.2, 0.25) is 0 Å². The Kier molecular flexibility index (Phi) is 4.22. The highest BCUT2D eigenvalue weighted by atomic mass is 32.2. The number of hydrogen-bond acceptors (Lipinski definition) is 3. The van der Waals surface area contributed by atoms with Gasteiger partial charge in [0.15, 0.2) is 0 Å². The minimum absolute atomic E-state index is 0.981. The van der Waals surface area contributed by atoms with Gasteiger partial charge in [-0.05, 0) is 49.8 Å². The van der Waals surface area contributed by atoms with Crippen molar-refractivity contribution >= 4 is 17.4 Å². The molecule has 2 aromatic rings. The second-order valence-corrected chi connectivity index (χ2v) is 6.91. The Bertz CT molecular complexity index is 650. The lowest BCUT2D eigenvalue weighted by atomic mass is 10.00. The van der Waals surface area contributed by atoms with E-state index in [1.165, 1.54) is 32.2 Å². The fourth-order valence-electron chi connectivity index (χ4n) is 2.69. The highest BCUT2D eigenvalue weighted by Gasteiger charge is 2.20. The zero-order valence-corrected chi connectivity index (χ0v) is 13.8. The molecule has 110 valence electrons. The Morgan fingerprint density at radius 3 is 2.76 bits per heavy atom. The van der Waals surface area contributed by atoms with Crippen LogP contribution in [0.1, 0.15) is 16.7 Å². The maximum Gasteiger partial charge on any atom is 0.0388 e. The van der Waals surface area contributed by atoms with Crippen molar-refractivity contribution in [3.8, 4) is 0 Å². The van der Waals surface area contributed by atoms with Crippen molar-refractivity contribution in [2.75, 3.05) is 32.5 Å². The van der Waals surface area contributed by atoms with Crippen LogP contribution < -0.4 is 5.32 Å². The Morgan fingerprint density at radius 2 is 1.95 bits per heavy atom. The molecule has 0 aromatic heterocycles. The van der Waals surface area contributed by atoms with E-state index < -0.39 is 0 Å². The van der Waals surface area contributed by atoms with Gasteiger partial charge in [-0.25, -0.2) is 0 Å². The van der Waals surface area contributed by atoms with Gasteiger partial charge in [-0.15, -0.1) is 0 Å². The molecule has 0 unspecified atom stereocenters. The number of hydrogen-bond donors (Lipinski definition) is 1. The molecule has 0 spiro atoms. The van der Waals surface area contributed by atoms with Crippen molar-refractivity contribution in [1.29, 1.82) is 0 Å². The highest BCUT2D eigenvalue weighted by Crippen LogP contribution is 2.43. The van der Waals surface area contributed by atoms with E-state index in [-0.39, 0.29) is 0 Å². The Hall–Kier alpha value is -1.45. The highest BCUT2D eigenvalue weighted by molar-refractivity contribution is 7.99. The van der Waals surface area contributed by atoms with E-state index in [0.717, 1.165) is 19.5 Å². The van der Waals surface area contributed by atoms with Crippen molar-refractivity contribution in [2.24, 2.45) is 0 Å². The molecule has 2 nitrogen and oxygen atoms in total. The monoisotopic (exact) mass is 298 g/mol. The average molecular weight is 298 g/mol. The fourth-order valence-corrected chi connectivity index (χ4v) is 3.86. The van der Waals surface area contributed by atoms with E-state index in [1.807, 2.05) is 11.8 Å². The molecule has 0 amide bonds. The van der Waals surface area contributed by atoms with Gasteiger partial charge < -0.3 is 10.2 Å². The van der Waals surface area contributed by atoms with Crippen LogP contribution in [-0.4, -0.2) is 32.1 Å². The third-order valence-electron chi connectivity index (χ3n) is 3.88. The normalized spacial score (nSPS) is 13.0. The van der Waals surface area contributed by atoms with Gasteiger partial charge in [0.1, 0.15) is 0 Å². The predicted molar refractivity (Wildman–Crippen MR) is 91.6 cm³/mol. The van der Waals surface area contributed by atoms with Crippen LogP contribution in [0.15, 0.2) is 46.2 Å². The standard InChI is InChI=1S/C18H22N2S/c1-13-8-9-16(19-10-11-20(2)3)15-12-14-6-4-5-7-17(14)21-18(13)15/h4-9,19H,10-12H2,1-3H3. The summed E-state index contributed by atoms with van der Waals surface area (Å²) in [4.78, 5) is 5.04. The first-order chi connectivity index (χ1) is 10.1. The number of likely N-dealkylation sites (N-methyl/N-ethyl adjacent to an activating group) is 1. The number of aryl methyl sites for hydroxylation is 1. The van der Waals surface area contributed by atoms with Gasteiger partial charge >= 0.3 is 0 Å². The molecular weight excluding hydrogens is 276 g/mol. The van der Waals surface area contributed by atoms with Crippen molar-refractivity contribution in [1.82, 2.24) is 4.90 Å². The molecule has 0 bridgehead atoms. The third-order valence-corrected chi connectivity index (χ3v) is 5.27.